The highest BCUT2D eigenvalue weighted by Crippen LogP contribution is 2.21. The number of hydrogen-bond acceptors (Lipinski definition) is 4. The fraction of sp³-hybridized carbons (Fsp3) is 0.0526. The topological polar surface area (TPSA) is 71.5 Å². The molecule has 1 aromatic heterocycles. The van der Waals surface area contributed by atoms with E-state index >= 15 is 0 Å². The van der Waals surface area contributed by atoms with Crippen LogP contribution >= 0.6 is 0 Å². The third-order valence-corrected chi connectivity index (χ3v) is 3.48. The van der Waals surface area contributed by atoms with Crippen molar-refractivity contribution in [1.29, 1.82) is 0 Å². The fourth-order valence-corrected chi connectivity index (χ4v) is 2.24. The molecule has 0 aliphatic carbocycles. The molecule has 0 radical (unpaired) electrons. The number of amides is 1. The number of hydroxylamine groups is 1. The summed E-state index contributed by atoms with van der Waals surface area (Å²) in [7, 11) is 0. The Bertz CT molecular complexity index is 818. The van der Waals surface area contributed by atoms with E-state index in [9.17, 15) is 4.79 Å². The van der Waals surface area contributed by atoms with E-state index in [0.717, 1.165) is 16.9 Å². The molecule has 3 aromatic rings. The van der Waals surface area contributed by atoms with Crippen LogP contribution in [0.2, 0.25) is 0 Å². The van der Waals surface area contributed by atoms with Gasteiger partial charge in [-0.2, -0.15) is 0 Å². The van der Waals surface area contributed by atoms with Crippen molar-refractivity contribution in [2.24, 2.45) is 0 Å². The van der Waals surface area contributed by atoms with Crippen LogP contribution in [0.4, 0.5) is 0 Å². The Hall–Kier alpha value is -3.18. The number of nitrogens with zero attached hydrogens (tertiary/aromatic N) is 1. The molecule has 0 aliphatic rings. The first kappa shape index (κ1) is 15.7. The molecule has 0 bridgehead atoms. The predicted octanol–water partition coefficient (Wildman–Crippen LogP) is 3.45. The maximum absolute atomic E-state index is 11.4. The Morgan fingerprint density at radius 2 is 1.71 bits per heavy atom. The number of nitrogens with one attached hydrogen (secondary N) is 1. The van der Waals surface area contributed by atoms with Crippen LogP contribution in [-0.4, -0.2) is 16.1 Å². The highest BCUT2D eigenvalue weighted by atomic mass is 16.5. The quantitative estimate of drug-likeness (QED) is 0.558. The lowest BCUT2D eigenvalue weighted by Gasteiger charge is -2.08. The molecular weight excluding hydrogens is 304 g/mol. The standard InChI is InChI=1S/C19H16N2O3/c22-19(21-23)18-8-4-7-17(20-18)15-9-11-16(12-10-15)24-13-14-5-2-1-3-6-14/h1-12,23H,13H2,(H,21,22). The van der Waals surface area contributed by atoms with Crippen molar-refractivity contribution in [3.8, 4) is 17.0 Å². The van der Waals surface area contributed by atoms with Crippen LogP contribution in [-0.2, 0) is 6.61 Å². The Labute approximate surface area is 139 Å². The summed E-state index contributed by atoms with van der Waals surface area (Å²) in [5.41, 5.74) is 4.34. The first-order valence-corrected chi connectivity index (χ1v) is 7.45. The number of hydrogen-bond donors (Lipinski definition) is 2. The Kier molecular flexibility index (Phi) is 4.84. The second-order valence-corrected chi connectivity index (χ2v) is 5.15. The molecule has 2 aromatic carbocycles. The molecule has 5 heteroatoms. The highest BCUT2D eigenvalue weighted by molar-refractivity contribution is 5.91. The van der Waals surface area contributed by atoms with Gasteiger partial charge in [-0.25, -0.2) is 10.5 Å². The molecule has 0 saturated carbocycles. The Morgan fingerprint density at radius 1 is 0.958 bits per heavy atom. The van der Waals surface area contributed by atoms with Gasteiger partial charge in [0.1, 0.15) is 18.1 Å². The van der Waals surface area contributed by atoms with Gasteiger partial charge in [-0.1, -0.05) is 36.4 Å². The minimum Gasteiger partial charge on any atom is -0.489 e. The first-order valence-electron chi connectivity index (χ1n) is 7.45. The summed E-state index contributed by atoms with van der Waals surface area (Å²) >= 11 is 0. The molecule has 120 valence electrons. The van der Waals surface area contributed by atoms with Crippen LogP contribution in [0, 0.1) is 0 Å². The first-order chi connectivity index (χ1) is 11.8. The number of benzene rings is 2. The predicted molar refractivity (Wildman–Crippen MR) is 89.7 cm³/mol. The van der Waals surface area contributed by atoms with Crippen molar-refractivity contribution in [3.63, 3.8) is 0 Å². The molecule has 0 fully saturated rings. The SMILES string of the molecule is O=C(NO)c1cccc(-c2ccc(OCc3ccccc3)cc2)n1. The number of pyridine rings is 1. The summed E-state index contributed by atoms with van der Waals surface area (Å²) < 4.78 is 5.74. The zero-order valence-electron chi connectivity index (χ0n) is 12.8. The molecule has 5 nitrogen and oxygen atoms in total. The lowest BCUT2D eigenvalue weighted by atomic mass is 10.1. The van der Waals surface area contributed by atoms with Crippen molar-refractivity contribution in [3.05, 3.63) is 84.1 Å². The van der Waals surface area contributed by atoms with Crippen LogP contribution in [0.5, 0.6) is 5.75 Å². The summed E-state index contributed by atoms with van der Waals surface area (Å²) in [4.78, 5) is 15.7. The van der Waals surface area contributed by atoms with Gasteiger partial charge in [0.2, 0.25) is 0 Å². The smallest absolute Gasteiger partial charge is 0.293 e. The van der Waals surface area contributed by atoms with Gasteiger partial charge in [-0.05, 0) is 42.0 Å². The lowest BCUT2D eigenvalue weighted by Crippen LogP contribution is -2.19. The molecule has 0 aliphatic heterocycles. The minimum absolute atomic E-state index is 0.152. The maximum Gasteiger partial charge on any atom is 0.293 e. The number of aromatic nitrogens is 1. The van der Waals surface area contributed by atoms with Crippen LogP contribution in [0.1, 0.15) is 16.1 Å². The molecular formula is C19H16N2O3. The van der Waals surface area contributed by atoms with Crippen LogP contribution in [0.15, 0.2) is 72.8 Å². The molecule has 0 atom stereocenters. The van der Waals surface area contributed by atoms with E-state index in [1.807, 2.05) is 54.6 Å². The van der Waals surface area contributed by atoms with E-state index in [1.165, 1.54) is 6.07 Å². The highest BCUT2D eigenvalue weighted by Gasteiger charge is 2.07. The summed E-state index contributed by atoms with van der Waals surface area (Å²) in [5, 5.41) is 8.68. The van der Waals surface area contributed by atoms with Crippen molar-refractivity contribution >= 4 is 5.91 Å². The molecule has 0 unspecified atom stereocenters. The fourth-order valence-electron chi connectivity index (χ4n) is 2.24. The molecule has 24 heavy (non-hydrogen) atoms. The Morgan fingerprint density at radius 3 is 2.42 bits per heavy atom. The monoisotopic (exact) mass is 320 g/mol. The Balaban J connectivity index is 1.71. The zero-order valence-corrected chi connectivity index (χ0v) is 12.8. The lowest BCUT2D eigenvalue weighted by molar-refractivity contribution is 0.0701. The summed E-state index contributed by atoms with van der Waals surface area (Å²) in [6.07, 6.45) is 0. The second kappa shape index (κ2) is 7.39. The number of ether oxygens (including phenoxy) is 1. The van der Waals surface area contributed by atoms with Gasteiger partial charge in [0.25, 0.3) is 5.91 Å². The summed E-state index contributed by atoms with van der Waals surface area (Å²) in [6.45, 7) is 0.505. The average Bonchev–Trinajstić information content (AvgIpc) is 2.67. The van der Waals surface area contributed by atoms with Gasteiger partial charge in [0.15, 0.2) is 0 Å². The molecule has 1 heterocycles. The largest absolute Gasteiger partial charge is 0.489 e. The van der Waals surface area contributed by atoms with Crippen LogP contribution in [0.25, 0.3) is 11.3 Å². The third-order valence-electron chi connectivity index (χ3n) is 3.48. The van der Waals surface area contributed by atoms with E-state index in [0.29, 0.717) is 12.3 Å². The second-order valence-electron chi connectivity index (χ2n) is 5.15. The summed E-state index contributed by atoms with van der Waals surface area (Å²) in [5.74, 6) is 0.117. The van der Waals surface area contributed by atoms with E-state index in [2.05, 4.69) is 4.98 Å². The normalized spacial score (nSPS) is 10.2. The summed E-state index contributed by atoms with van der Waals surface area (Å²) in [6, 6.07) is 22.5. The van der Waals surface area contributed by atoms with E-state index in [4.69, 9.17) is 9.94 Å². The zero-order chi connectivity index (χ0) is 16.8. The van der Waals surface area contributed by atoms with Crippen molar-refractivity contribution in [1.82, 2.24) is 10.5 Å². The molecule has 3 rings (SSSR count). The van der Waals surface area contributed by atoms with Crippen molar-refractivity contribution in [2.75, 3.05) is 0 Å². The van der Waals surface area contributed by atoms with Crippen LogP contribution < -0.4 is 10.2 Å². The van der Waals surface area contributed by atoms with Gasteiger partial charge in [0, 0.05) is 5.56 Å². The maximum atomic E-state index is 11.4. The number of carbonyl (C=O) groups excluding carboxylic acids is 1. The average molecular weight is 320 g/mol. The number of carbonyl (C=O) groups is 1. The van der Waals surface area contributed by atoms with Gasteiger partial charge in [0.05, 0.1) is 5.69 Å². The van der Waals surface area contributed by atoms with E-state index in [1.54, 1.807) is 17.6 Å². The van der Waals surface area contributed by atoms with Gasteiger partial charge >= 0.3 is 0 Å². The molecule has 2 N–H and O–H groups in total. The van der Waals surface area contributed by atoms with Gasteiger partial charge in [-0.3, -0.25) is 10.0 Å². The third kappa shape index (κ3) is 3.77. The van der Waals surface area contributed by atoms with Gasteiger partial charge in [-0.15, -0.1) is 0 Å². The van der Waals surface area contributed by atoms with Crippen molar-refractivity contribution in [2.45, 2.75) is 6.61 Å². The van der Waals surface area contributed by atoms with Gasteiger partial charge < -0.3 is 4.74 Å². The van der Waals surface area contributed by atoms with E-state index < -0.39 is 5.91 Å². The molecule has 0 saturated heterocycles. The van der Waals surface area contributed by atoms with E-state index in [-0.39, 0.29) is 5.69 Å². The molecule has 0 spiro atoms. The number of rotatable bonds is 5. The van der Waals surface area contributed by atoms with Crippen LogP contribution in [0.3, 0.4) is 0 Å². The minimum atomic E-state index is -0.639. The molecule has 1 amide bonds. The van der Waals surface area contributed by atoms with Crippen molar-refractivity contribution < 1.29 is 14.7 Å².